The van der Waals surface area contributed by atoms with Gasteiger partial charge in [0.15, 0.2) is 6.23 Å². The highest BCUT2D eigenvalue weighted by Crippen LogP contribution is 2.38. The Morgan fingerprint density at radius 3 is 2.23 bits per heavy atom. The molecule has 0 aliphatic carbocycles. The van der Waals surface area contributed by atoms with Crippen molar-refractivity contribution in [3.63, 3.8) is 0 Å². The second-order valence-electron chi connectivity index (χ2n) is 8.61. The Bertz CT molecular complexity index is 1210. The fourth-order valence-electron chi connectivity index (χ4n) is 4.43. The van der Waals surface area contributed by atoms with Crippen LogP contribution in [-0.2, 0) is 12.1 Å². The molecule has 31 heavy (non-hydrogen) atoms. The molecule has 1 unspecified atom stereocenters. The van der Waals surface area contributed by atoms with Crippen molar-refractivity contribution < 1.29 is 4.74 Å². The van der Waals surface area contributed by atoms with Gasteiger partial charge in [-0.2, -0.15) is 0 Å². The quantitative estimate of drug-likeness (QED) is 0.354. The first-order valence-electron chi connectivity index (χ1n) is 10.9. The lowest BCUT2D eigenvalue weighted by Gasteiger charge is -2.44. The number of hydrogen-bond donors (Lipinski definition) is 0. The van der Waals surface area contributed by atoms with Gasteiger partial charge in [0, 0.05) is 23.0 Å². The van der Waals surface area contributed by atoms with Gasteiger partial charge < -0.3 is 4.74 Å². The average Bonchev–Trinajstić information content (AvgIpc) is 2.83. The van der Waals surface area contributed by atoms with Gasteiger partial charge in [-0.25, -0.2) is 0 Å². The predicted molar refractivity (Wildman–Crippen MR) is 129 cm³/mol. The fourth-order valence-corrected chi connectivity index (χ4v) is 4.43. The summed E-state index contributed by atoms with van der Waals surface area (Å²) >= 11 is 0. The van der Waals surface area contributed by atoms with Crippen molar-refractivity contribution in [3.8, 4) is 5.75 Å². The molecule has 1 heterocycles. The van der Waals surface area contributed by atoms with Gasteiger partial charge in [0.25, 0.3) is 0 Å². The van der Waals surface area contributed by atoms with E-state index in [0.29, 0.717) is 0 Å². The summed E-state index contributed by atoms with van der Waals surface area (Å²) in [5.74, 6) is 0.965. The van der Waals surface area contributed by atoms with E-state index in [-0.39, 0.29) is 11.8 Å². The van der Waals surface area contributed by atoms with E-state index in [1.54, 1.807) is 0 Å². The summed E-state index contributed by atoms with van der Waals surface area (Å²) in [4.78, 5) is 2.44. The number of hydrogen-bond acceptors (Lipinski definition) is 2. The summed E-state index contributed by atoms with van der Waals surface area (Å²) in [6, 6.07) is 34.1. The third kappa shape index (κ3) is 3.75. The first-order chi connectivity index (χ1) is 15.1. The first kappa shape index (κ1) is 19.6. The van der Waals surface area contributed by atoms with Crippen molar-refractivity contribution in [1.29, 1.82) is 0 Å². The van der Waals surface area contributed by atoms with Crippen molar-refractivity contribution in [1.82, 2.24) is 4.90 Å². The van der Waals surface area contributed by atoms with Crippen LogP contribution in [0.25, 0.3) is 16.8 Å². The number of fused-ring (bicyclic) bond motifs is 3. The summed E-state index contributed by atoms with van der Waals surface area (Å²) < 4.78 is 6.73. The normalized spacial score (nSPS) is 15.6. The van der Waals surface area contributed by atoms with Crippen molar-refractivity contribution in [2.75, 3.05) is 0 Å². The number of ether oxygens (including phenoxy) is 1. The van der Waals surface area contributed by atoms with E-state index in [2.05, 4.69) is 128 Å². The van der Waals surface area contributed by atoms with E-state index < -0.39 is 0 Å². The molecule has 5 rings (SSSR count). The molecule has 0 radical (unpaired) electrons. The van der Waals surface area contributed by atoms with Crippen LogP contribution in [0.2, 0.25) is 0 Å². The fraction of sp³-hybridized carbons (Fsp3) is 0.172. The van der Waals surface area contributed by atoms with Crippen molar-refractivity contribution in [3.05, 3.63) is 120 Å². The summed E-state index contributed by atoms with van der Waals surface area (Å²) in [6.45, 7) is 5.35. The lowest BCUT2D eigenvalue weighted by atomic mass is 9.90. The molecule has 0 aromatic heterocycles. The molecule has 0 saturated carbocycles. The second-order valence-corrected chi connectivity index (χ2v) is 8.61. The maximum absolute atomic E-state index is 6.73. The minimum atomic E-state index is -0.228. The lowest BCUT2D eigenvalue weighted by Crippen LogP contribution is -2.49. The summed E-state index contributed by atoms with van der Waals surface area (Å²) in [6.07, 6.45) is 4.22. The molecule has 154 valence electrons. The standard InChI is InChI=1S/C29H27NO/c1-29(2,25-14-7-4-8-15-25)30(21-22-11-5-3-6-12-22)27-20-19-24-18-17-23-13-9-10-16-26(23)28(24)31-27/h3-20,27H,21H2,1-2H3. The van der Waals surface area contributed by atoms with Gasteiger partial charge >= 0.3 is 0 Å². The molecule has 4 aromatic carbocycles. The highest BCUT2D eigenvalue weighted by atomic mass is 16.5. The van der Waals surface area contributed by atoms with Gasteiger partial charge in [-0.05, 0) is 36.4 Å². The molecule has 0 spiro atoms. The Morgan fingerprint density at radius 2 is 1.45 bits per heavy atom. The summed E-state index contributed by atoms with van der Waals surface area (Å²) in [7, 11) is 0. The number of nitrogens with zero attached hydrogens (tertiary/aromatic N) is 1. The molecule has 1 aliphatic rings. The van der Waals surface area contributed by atoms with Crippen LogP contribution in [0.15, 0.2) is 103 Å². The average molecular weight is 406 g/mol. The third-order valence-corrected chi connectivity index (χ3v) is 6.29. The van der Waals surface area contributed by atoms with E-state index in [0.717, 1.165) is 23.2 Å². The second kappa shape index (κ2) is 8.05. The molecule has 2 nitrogen and oxygen atoms in total. The zero-order chi connectivity index (χ0) is 21.3. The maximum Gasteiger partial charge on any atom is 0.173 e. The Hall–Kier alpha value is -3.36. The minimum Gasteiger partial charge on any atom is -0.470 e. The molecule has 0 N–H and O–H groups in total. The Labute approximate surface area is 184 Å². The van der Waals surface area contributed by atoms with Crippen LogP contribution < -0.4 is 4.74 Å². The van der Waals surface area contributed by atoms with Gasteiger partial charge in [0.2, 0.25) is 0 Å². The first-order valence-corrected chi connectivity index (χ1v) is 10.9. The van der Waals surface area contributed by atoms with Crippen molar-refractivity contribution in [2.45, 2.75) is 32.2 Å². The van der Waals surface area contributed by atoms with Gasteiger partial charge in [-0.3, -0.25) is 4.90 Å². The smallest absolute Gasteiger partial charge is 0.173 e. The molecule has 4 aromatic rings. The maximum atomic E-state index is 6.73. The molecular formula is C29H27NO. The minimum absolute atomic E-state index is 0.172. The zero-order valence-corrected chi connectivity index (χ0v) is 18.0. The van der Waals surface area contributed by atoms with Crippen LogP contribution in [0.3, 0.4) is 0 Å². The van der Waals surface area contributed by atoms with Crippen LogP contribution in [0.4, 0.5) is 0 Å². The zero-order valence-electron chi connectivity index (χ0n) is 18.0. The molecule has 0 bridgehead atoms. The highest BCUT2D eigenvalue weighted by molar-refractivity contribution is 5.92. The largest absolute Gasteiger partial charge is 0.470 e. The van der Waals surface area contributed by atoms with E-state index in [1.807, 2.05) is 0 Å². The molecule has 0 amide bonds. The lowest BCUT2D eigenvalue weighted by molar-refractivity contribution is -0.0219. The SMILES string of the molecule is CC(C)(c1ccccc1)N(Cc1ccccc1)C1C=Cc2ccc3ccccc3c2O1. The predicted octanol–water partition coefficient (Wildman–Crippen LogP) is 7.01. The van der Waals surface area contributed by atoms with Crippen LogP contribution >= 0.6 is 0 Å². The Morgan fingerprint density at radius 1 is 0.774 bits per heavy atom. The van der Waals surface area contributed by atoms with Crippen LogP contribution in [0, 0.1) is 0 Å². The van der Waals surface area contributed by atoms with Gasteiger partial charge in [0.1, 0.15) is 5.75 Å². The Balaban J connectivity index is 1.57. The van der Waals surface area contributed by atoms with Crippen molar-refractivity contribution >= 4 is 16.8 Å². The molecular weight excluding hydrogens is 378 g/mol. The molecule has 0 saturated heterocycles. The summed E-state index contributed by atoms with van der Waals surface area (Å²) in [5, 5.41) is 2.36. The van der Waals surface area contributed by atoms with E-state index in [4.69, 9.17) is 4.74 Å². The summed E-state index contributed by atoms with van der Waals surface area (Å²) in [5.41, 5.74) is 3.44. The van der Waals surface area contributed by atoms with E-state index in [1.165, 1.54) is 16.5 Å². The third-order valence-electron chi connectivity index (χ3n) is 6.29. The number of rotatable bonds is 5. The van der Waals surface area contributed by atoms with E-state index in [9.17, 15) is 0 Å². The number of benzene rings is 4. The topological polar surface area (TPSA) is 12.5 Å². The van der Waals surface area contributed by atoms with Gasteiger partial charge in [0.05, 0.1) is 0 Å². The Kier molecular flexibility index (Phi) is 5.09. The van der Waals surface area contributed by atoms with Gasteiger partial charge in [-0.15, -0.1) is 0 Å². The molecule has 1 atom stereocenters. The van der Waals surface area contributed by atoms with Gasteiger partial charge in [-0.1, -0.05) is 103 Å². The molecule has 1 aliphatic heterocycles. The molecule has 0 fully saturated rings. The van der Waals surface area contributed by atoms with Crippen molar-refractivity contribution in [2.24, 2.45) is 0 Å². The van der Waals surface area contributed by atoms with Crippen LogP contribution in [0.1, 0.15) is 30.5 Å². The molecule has 2 heteroatoms. The monoisotopic (exact) mass is 405 g/mol. The van der Waals surface area contributed by atoms with E-state index >= 15 is 0 Å². The highest BCUT2D eigenvalue weighted by Gasteiger charge is 2.35. The van der Waals surface area contributed by atoms with Crippen LogP contribution in [0.5, 0.6) is 5.75 Å². The van der Waals surface area contributed by atoms with Crippen LogP contribution in [-0.4, -0.2) is 11.1 Å².